The molecule has 0 saturated heterocycles. The Morgan fingerprint density at radius 1 is 1.21 bits per heavy atom. The Hall–Kier alpha value is -2.54. The van der Waals surface area contributed by atoms with E-state index in [4.69, 9.17) is 10.00 Å². The number of benzene rings is 1. The minimum Gasteiger partial charge on any atom is -0.496 e. The average molecular weight is 254 g/mol. The number of rotatable bonds is 2. The fourth-order valence-corrected chi connectivity index (χ4v) is 2.05. The van der Waals surface area contributed by atoms with E-state index in [1.165, 1.54) is 0 Å². The molecule has 0 aliphatic rings. The second-order valence-electron chi connectivity index (χ2n) is 4.37. The van der Waals surface area contributed by atoms with E-state index in [0.717, 1.165) is 28.1 Å². The molecule has 0 atom stereocenters. The molecule has 0 aliphatic carbocycles. The zero-order chi connectivity index (χ0) is 14.0. The van der Waals surface area contributed by atoms with Crippen molar-refractivity contribution in [1.82, 2.24) is 4.98 Å². The first kappa shape index (κ1) is 12.9. The highest BCUT2D eigenvalue weighted by molar-refractivity contribution is 5.65. The van der Waals surface area contributed by atoms with Gasteiger partial charge < -0.3 is 9.72 Å². The normalized spacial score (nSPS) is 10.0. The quantitative estimate of drug-likeness (QED) is 0.895. The Bertz CT molecular complexity index is 724. The van der Waals surface area contributed by atoms with Crippen LogP contribution in [0, 0.1) is 25.2 Å². The fourth-order valence-electron chi connectivity index (χ4n) is 2.05. The van der Waals surface area contributed by atoms with Crippen LogP contribution in [0.2, 0.25) is 0 Å². The third-order valence-electron chi connectivity index (χ3n) is 3.04. The number of ether oxygens (including phenoxy) is 1. The number of aromatic amines is 1. The fraction of sp³-hybridized carbons (Fsp3) is 0.200. The van der Waals surface area contributed by atoms with Gasteiger partial charge in [0.15, 0.2) is 0 Å². The van der Waals surface area contributed by atoms with Gasteiger partial charge in [0.25, 0.3) is 5.56 Å². The molecule has 1 aromatic carbocycles. The van der Waals surface area contributed by atoms with Crippen LogP contribution in [0.4, 0.5) is 0 Å². The van der Waals surface area contributed by atoms with Gasteiger partial charge in [-0.15, -0.1) is 0 Å². The smallest absolute Gasteiger partial charge is 0.266 e. The van der Waals surface area contributed by atoms with E-state index in [9.17, 15) is 4.79 Å². The summed E-state index contributed by atoms with van der Waals surface area (Å²) in [5.41, 5.74) is 3.25. The lowest BCUT2D eigenvalue weighted by Gasteiger charge is -2.09. The topological polar surface area (TPSA) is 65.9 Å². The number of H-pyrrole nitrogens is 1. The van der Waals surface area contributed by atoms with Gasteiger partial charge in [-0.2, -0.15) is 5.26 Å². The summed E-state index contributed by atoms with van der Waals surface area (Å²) in [6.45, 7) is 3.81. The van der Waals surface area contributed by atoms with Gasteiger partial charge in [-0.1, -0.05) is 0 Å². The van der Waals surface area contributed by atoms with E-state index >= 15 is 0 Å². The molecule has 0 aliphatic heterocycles. The van der Waals surface area contributed by atoms with Crippen LogP contribution in [0.3, 0.4) is 0 Å². The summed E-state index contributed by atoms with van der Waals surface area (Å²) in [4.78, 5) is 14.5. The van der Waals surface area contributed by atoms with Gasteiger partial charge in [-0.05, 0) is 54.8 Å². The lowest BCUT2D eigenvalue weighted by Crippen LogP contribution is -2.12. The lowest BCUT2D eigenvalue weighted by atomic mass is 10.0. The van der Waals surface area contributed by atoms with Crippen molar-refractivity contribution in [3.05, 3.63) is 51.3 Å². The van der Waals surface area contributed by atoms with Crippen LogP contribution in [0.1, 0.15) is 16.7 Å². The second kappa shape index (κ2) is 4.99. The van der Waals surface area contributed by atoms with Gasteiger partial charge >= 0.3 is 0 Å². The summed E-state index contributed by atoms with van der Waals surface area (Å²) < 4.78 is 5.21. The SMILES string of the molecule is COc1ccc(-c2[nH]c(=O)c(C#N)cc2C)cc1C. The van der Waals surface area contributed by atoms with Crippen molar-refractivity contribution in [2.24, 2.45) is 0 Å². The highest BCUT2D eigenvalue weighted by Gasteiger charge is 2.08. The van der Waals surface area contributed by atoms with E-state index in [1.807, 2.05) is 38.1 Å². The van der Waals surface area contributed by atoms with Gasteiger partial charge in [0, 0.05) is 0 Å². The number of nitrogens with one attached hydrogen (secondary N) is 1. The minimum atomic E-state index is -0.364. The van der Waals surface area contributed by atoms with Crippen LogP contribution in [-0.2, 0) is 0 Å². The minimum absolute atomic E-state index is 0.131. The van der Waals surface area contributed by atoms with Crippen LogP contribution in [-0.4, -0.2) is 12.1 Å². The van der Waals surface area contributed by atoms with Crippen molar-refractivity contribution in [3.8, 4) is 23.1 Å². The van der Waals surface area contributed by atoms with Crippen LogP contribution in [0.15, 0.2) is 29.1 Å². The van der Waals surface area contributed by atoms with Crippen molar-refractivity contribution in [3.63, 3.8) is 0 Å². The molecule has 0 bridgehead atoms. The summed E-state index contributed by atoms with van der Waals surface area (Å²) in [6, 6.07) is 9.18. The zero-order valence-corrected chi connectivity index (χ0v) is 11.1. The van der Waals surface area contributed by atoms with Gasteiger partial charge in [-0.3, -0.25) is 4.79 Å². The number of aryl methyl sites for hydroxylation is 2. The van der Waals surface area contributed by atoms with Crippen molar-refractivity contribution in [1.29, 1.82) is 5.26 Å². The van der Waals surface area contributed by atoms with E-state index in [-0.39, 0.29) is 11.1 Å². The molecular weight excluding hydrogens is 240 g/mol. The molecule has 0 amide bonds. The monoisotopic (exact) mass is 254 g/mol. The maximum absolute atomic E-state index is 11.7. The zero-order valence-electron chi connectivity index (χ0n) is 11.1. The van der Waals surface area contributed by atoms with Gasteiger partial charge in [0.2, 0.25) is 0 Å². The number of pyridine rings is 1. The Balaban J connectivity index is 2.60. The first-order chi connectivity index (χ1) is 9.06. The largest absolute Gasteiger partial charge is 0.496 e. The molecule has 1 heterocycles. The van der Waals surface area contributed by atoms with Crippen LogP contribution in [0.5, 0.6) is 5.75 Å². The highest BCUT2D eigenvalue weighted by atomic mass is 16.5. The number of nitrogens with zero attached hydrogens (tertiary/aromatic N) is 1. The standard InChI is InChI=1S/C15H14N2O2/c1-9-6-11(4-5-13(9)19-3)14-10(2)7-12(8-16)15(18)17-14/h4-7H,1-3H3,(H,17,18). The molecule has 0 fully saturated rings. The first-order valence-corrected chi connectivity index (χ1v) is 5.86. The van der Waals surface area contributed by atoms with Crippen molar-refractivity contribution >= 4 is 0 Å². The summed E-state index contributed by atoms with van der Waals surface area (Å²) in [5, 5.41) is 8.83. The molecule has 96 valence electrons. The molecule has 0 radical (unpaired) electrons. The molecule has 0 saturated carbocycles. The number of aromatic nitrogens is 1. The van der Waals surface area contributed by atoms with Crippen molar-refractivity contribution in [2.75, 3.05) is 7.11 Å². The molecule has 4 nitrogen and oxygen atoms in total. The number of methoxy groups -OCH3 is 1. The lowest BCUT2D eigenvalue weighted by molar-refractivity contribution is 0.412. The third-order valence-corrected chi connectivity index (χ3v) is 3.04. The van der Waals surface area contributed by atoms with Crippen LogP contribution >= 0.6 is 0 Å². The van der Waals surface area contributed by atoms with Crippen molar-refractivity contribution < 1.29 is 4.74 Å². The van der Waals surface area contributed by atoms with Crippen LogP contribution in [0.25, 0.3) is 11.3 Å². The highest BCUT2D eigenvalue weighted by Crippen LogP contribution is 2.26. The number of nitriles is 1. The molecule has 4 heteroatoms. The van der Waals surface area contributed by atoms with Gasteiger partial charge in [-0.25, -0.2) is 0 Å². The first-order valence-electron chi connectivity index (χ1n) is 5.86. The Morgan fingerprint density at radius 2 is 1.95 bits per heavy atom. The van der Waals surface area contributed by atoms with E-state index < -0.39 is 0 Å². The molecular formula is C15H14N2O2. The molecule has 2 rings (SSSR count). The third kappa shape index (κ3) is 2.36. The van der Waals surface area contributed by atoms with E-state index in [0.29, 0.717) is 0 Å². The molecule has 0 spiro atoms. The molecule has 0 unspecified atom stereocenters. The van der Waals surface area contributed by atoms with Crippen molar-refractivity contribution in [2.45, 2.75) is 13.8 Å². The molecule has 19 heavy (non-hydrogen) atoms. The number of hydrogen-bond acceptors (Lipinski definition) is 3. The predicted octanol–water partition coefficient (Wildman–Crippen LogP) is 2.54. The Kier molecular flexibility index (Phi) is 3.39. The summed E-state index contributed by atoms with van der Waals surface area (Å²) >= 11 is 0. The maximum Gasteiger partial charge on any atom is 0.266 e. The van der Waals surface area contributed by atoms with Gasteiger partial charge in [0.05, 0.1) is 12.8 Å². The van der Waals surface area contributed by atoms with E-state index in [2.05, 4.69) is 4.98 Å². The predicted molar refractivity (Wildman–Crippen MR) is 73.2 cm³/mol. The average Bonchev–Trinajstić information content (AvgIpc) is 2.40. The van der Waals surface area contributed by atoms with E-state index in [1.54, 1.807) is 13.2 Å². The number of hydrogen-bond donors (Lipinski definition) is 1. The Morgan fingerprint density at radius 3 is 2.53 bits per heavy atom. The summed E-state index contributed by atoms with van der Waals surface area (Å²) in [7, 11) is 1.62. The van der Waals surface area contributed by atoms with Gasteiger partial charge in [0.1, 0.15) is 17.4 Å². The molecule has 2 aromatic rings. The molecule has 1 N–H and O–H groups in total. The summed E-state index contributed by atoms with van der Waals surface area (Å²) in [5.74, 6) is 0.803. The van der Waals surface area contributed by atoms with Crippen LogP contribution < -0.4 is 10.3 Å². The summed E-state index contributed by atoms with van der Waals surface area (Å²) in [6.07, 6.45) is 0. The second-order valence-corrected chi connectivity index (χ2v) is 4.37. The maximum atomic E-state index is 11.7. The Labute approximate surface area is 111 Å². The molecule has 1 aromatic heterocycles.